The predicted molar refractivity (Wildman–Crippen MR) is 55.0 cm³/mol. The van der Waals surface area contributed by atoms with Crippen molar-refractivity contribution < 1.29 is 10.2 Å². The monoisotopic (exact) mass is 294 g/mol. The van der Waals surface area contributed by atoms with E-state index in [1.165, 1.54) is 0 Å². The molecule has 2 N–H and O–H groups in total. The number of phenolic OH excluding ortho intramolecular Hbond substituents is 2. The van der Waals surface area contributed by atoms with Crippen LogP contribution in [-0.2, 0) is 10.7 Å². The first kappa shape index (κ1) is 9.86. The van der Waals surface area contributed by atoms with Crippen molar-refractivity contribution in [3.05, 3.63) is 23.3 Å². The summed E-state index contributed by atoms with van der Waals surface area (Å²) in [4.78, 5) is 0. The Morgan fingerprint density at radius 1 is 0.917 bits per heavy atom. The molecule has 1 aromatic carbocycles. The van der Waals surface area contributed by atoms with Crippen molar-refractivity contribution in [2.45, 2.75) is 10.7 Å². The number of halogens is 2. The van der Waals surface area contributed by atoms with E-state index >= 15 is 0 Å². The van der Waals surface area contributed by atoms with Gasteiger partial charge in [0.2, 0.25) is 0 Å². The Labute approximate surface area is 87.5 Å². The molecule has 12 heavy (non-hydrogen) atoms. The minimum absolute atomic E-state index is 0.0749. The van der Waals surface area contributed by atoms with E-state index in [0.717, 1.165) is 11.1 Å². The van der Waals surface area contributed by atoms with Crippen LogP contribution in [0.2, 0.25) is 0 Å². The highest BCUT2D eigenvalue weighted by molar-refractivity contribution is 9.09. The second-order valence-electron chi connectivity index (χ2n) is 2.38. The Bertz CT molecular complexity index is 258. The highest BCUT2D eigenvalue weighted by atomic mass is 79.9. The van der Waals surface area contributed by atoms with E-state index in [9.17, 15) is 0 Å². The molecule has 0 bridgehead atoms. The van der Waals surface area contributed by atoms with Crippen molar-refractivity contribution in [1.29, 1.82) is 0 Å². The Balaban J connectivity index is 3.19. The summed E-state index contributed by atoms with van der Waals surface area (Å²) in [5.41, 5.74) is 1.95. The van der Waals surface area contributed by atoms with Gasteiger partial charge in [-0.3, -0.25) is 0 Å². The quantitative estimate of drug-likeness (QED) is 0.651. The molecule has 0 fully saturated rings. The molecule has 0 radical (unpaired) electrons. The molecule has 0 heterocycles. The van der Waals surface area contributed by atoms with Crippen LogP contribution >= 0.6 is 31.9 Å². The van der Waals surface area contributed by atoms with Crippen LogP contribution in [0, 0.1) is 0 Å². The average Bonchev–Trinajstić information content (AvgIpc) is 2.09. The maximum absolute atomic E-state index is 9.17. The zero-order chi connectivity index (χ0) is 9.14. The van der Waals surface area contributed by atoms with E-state index < -0.39 is 0 Å². The van der Waals surface area contributed by atoms with Gasteiger partial charge in [-0.1, -0.05) is 31.9 Å². The van der Waals surface area contributed by atoms with Crippen LogP contribution in [0.25, 0.3) is 0 Å². The second-order valence-corrected chi connectivity index (χ2v) is 3.50. The summed E-state index contributed by atoms with van der Waals surface area (Å²) in [6.07, 6.45) is 0. The van der Waals surface area contributed by atoms with Crippen molar-refractivity contribution >= 4 is 31.9 Å². The number of hydrogen-bond donors (Lipinski definition) is 2. The maximum Gasteiger partial charge on any atom is 0.157 e. The third-order valence-electron chi connectivity index (χ3n) is 1.58. The molecule has 0 atom stereocenters. The highest BCUT2D eigenvalue weighted by Crippen LogP contribution is 2.30. The van der Waals surface area contributed by atoms with Crippen LogP contribution in [0.5, 0.6) is 11.5 Å². The van der Waals surface area contributed by atoms with Crippen molar-refractivity contribution in [2.75, 3.05) is 0 Å². The molecule has 0 amide bonds. The van der Waals surface area contributed by atoms with Gasteiger partial charge in [-0.2, -0.15) is 0 Å². The molecule has 0 aliphatic rings. The fourth-order valence-corrected chi connectivity index (χ4v) is 1.96. The number of rotatable bonds is 2. The van der Waals surface area contributed by atoms with Crippen LogP contribution in [0.1, 0.15) is 11.1 Å². The molecule has 0 aromatic heterocycles. The Kier molecular flexibility index (Phi) is 3.40. The number of benzene rings is 1. The van der Waals surface area contributed by atoms with E-state index in [-0.39, 0.29) is 11.5 Å². The minimum atomic E-state index is -0.0749. The van der Waals surface area contributed by atoms with Crippen molar-refractivity contribution in [3.63, 3.8) is 0 Å². The third kappa shape index (κ3) is 1.93. The summed E-state index contributed by atoms with van der Waals surface area (Å²) < 4.78 is 0. The first-order chi connectivity index (χ1) is 5.69. The van der Waals surface area contributed by atoms with Gasteiger partial charge in [-0.05, 0) is 23.3 Å². The number of hydrogen-bond acceptors (Lipinski definition) is 2. The Morgan fingerprint density at radius 3 is 1.50 bits per heavy atom. The summed E-state index contributed by atoms with van der Waals surface area (Å²) in [6.45, 7) is 0. The highest BCUT2D eigenvalue weighted by Gasteiger charge is 2.05. The number of alkyl halides is 2. The molecule has 4 heteroatoms. The first-order valence-corrected chi connectivity index (χ1v) is 5.59. The average molecular weight is 296 g/mol. The van der Waals surface area contributed by atoms with Crippen molar-refractivity contribution in [3.8, 4) is 11.5 Å². The SMILES string of the molecule is Oc1cc(CBr)c(CBr)cc1O. The number of aromatic hydroxyl groups is 2. The van der Waals surface area contributed by atoms with Gasteiger partial charge in [0.05, 0.1) is 0 Å². The lowest BCUT2D eigenvalue weighted by atomic mass is 10.1. The van der Waals surface area contributed by atoms with E-state index in [2.05, 4.69) is 31.9 Å². The molecule has 0 unspecified atom stereocenters. The summed E-state index contributed by atoms with van der Waals surface area (Å²) in [5.74, 6) is -0.150. The van der Waals surface area contributed by atoms with Crippen molar-refractivity contribution in [2.24, 2.45) is 0 Å². The van der Waals surface area contributed by atoms with Gasteiger partial charge in [0, 0.05) is 10.7 Å². The molecule has 0 aliphatic carbocycles. The first-order valence-electron chi connectivity index (χ1n) is 3.34. The van der Waals surface area contributed by atoms with Gasteiger partial charge in [0.1, 0.15) is 0 Å². The fourth-order valence-electron chi connectivity index (χ4n) is 0.912. The van der Waals surface area contributed by atoms with Gasteiger partial charge in [0.25, 0.3) is 0 Å². The molecule has 1 rings (SSSR count). The van der Waals surface area contributed by atoms with E-state index in [1.807, 2.05) is 0 Å². The molecule has 0 spiro atoms. The lowest BCUT2D eigenvalue weighted by Crippen LogP contribution is -1.87. The zero-order valence-corrected chi connectivity index (χ0v) is 9.39. The second kappa shape index (κ2) is 4.14. The fraction of sp³-hybridized carbons (Fsp3) is 0.250. The van der Waals surface area contributed by atoms with Gasteiger partial charge in [-0.15, -0.1) is 0 Å². The van der Waals surface area contributed by atoms with Crippen LogP contribution in [0.3, 0.4) is 0 Å². The van der Waals surface area contributed by atoms with Crippen LogP contribution in [0.4, 0.5) is 0 Å². The number of phenols is 2. The van der Waals surface area contributed by atoms with E-state index in [1.54, 1.807) is 12.1 Å². The smallest absolute Gasteiger partial charge is 0.157 e. The molecule has 0 aliphatic heterocycles. The standard InChI is InChI=1S/C8H8Br2O2/c9-3-5-1-7(11)8(12)2-6(5)4-10/h1-2,11-12H,3-4H2. The Morgan fingerprint density at radius 2 is 1.25 bits per heavy atom. The predicted octanol–water partition coefficient (Wildman–Crippen LogP) is 2.89. The summed E-state index contributed by atoms with van der Waals surface area (Å²) in [5, 5.41) is 19.7. The van der Waals surface area contributed by atoms with E-state index in [4.69, 9.17) is 10.2 Å². The van der Waals surface area contributed by atoms with Crippen molar-refractivity contribution in [1.82, 2.24) is 0 Å². The third-order valence-corrected chi connectivity index (χ3v) is 2.79. The van der Waals surface area contributed by atoms with Gasteiger partial charge >= 0.3 is 0 Å². The van der Waals surface area contributed by atoms with Gasteiger partial charge < -0.3 is 10.2 Å². The van der Waals surface area contributed by atoms with Gasteiger partial charge in [-0.25, -0.2) is 0 Å². The zero-order valence-electron chi connectivity index (χ0n) is 6.22. The van der Waals surface area contributed by atoms with E-state index in [0.29, 0.717) is 10.7 Å². The molecular formula is C8H8Br2O2. The van der Waals surface area contributed by atoms with Crippen LogP contribution in [0.15, 0.2) is 12.1 Å². The summed E-state index contributed by atoms with van der Waals surface area (Å²) in [6, 6.07) is 3.11. The molecule has 66 valence electrons. The summed E-state index contributed by atoms with van der Waals surface area (Å²) >= 11 is 6.59. The van der Waals surface area contributed by atoms with Gasteiger partial charge in [0.15, 0.2) is 11.5 Å². The Hall–Kier alpha value is -0.220. The minimum Gasteiger partial charge on any atom is -0.504 e. The molecule has 2 nitrogen and oxygen atoms in total. The molecular weight excluding hydrogens is 288 g/mol. The summed E-state index contributed by atoms with van der Waals surface area (Å²) in [7, 11) is 0. The molecule has 1 aromatic rings. The van der Waals surface area contributed by atoms with Crippen LogP contribution in [-0.4, -0.2) is 10.2 Å². The topological polar surface area (TPSA) is 40.5 Å². The lowest BCUT2D eigenvalue weighted by molar-refractivity contribution is 0.403. The normalized spacial score (nSPS) is 10.2. The molecule has 0 saturated carbocycles. The maximum atomic E-state index is 9.17. The van der Waals surface area contributed by atoms with Crippen LogP contribution < -0.4 is 0 Å². The lowest BCUT2D eigenvalue weighted by Gasteiger charge is -2.05. The molecule has 0 saturated heterocycles. The largest absolute Gasteiger partial charge is 0.504 e.